The zero-order valence-corrected chi connectivity index (χ0v) is 13.4. The fourth-order valence-corrected chi connectivity index (χ4v) is 3.57. The van der Waals surface area contributed by atoms with E-state index in [2.05, 4.69) is 10.3 Å². The summed E-state index contributed by atoms with van der Waals surface area (Å²) in [5.41, 5.74) is -0.0661. The van der Waals surface area contributed by atoms with Crippen LogP contribution in [0.2, 0.25) is 0 Å². The second-order valence-corrected chi connectivity index (χ2v) is 6.51. The summed E-state index contributed by atoms with van der Waals surface area (Å²) in [5, 5.41) is 5.79. The van der Waals surface area contributed by atoms with Gasteiger partial charge in [0.15, 0.2) is 0 Å². The van der Waals surface area contributed by atoms with E-state index in [-0.39, 0.29) is 11.5 Å². The van der Waals surface area contributed by atoms with Gasteiger partial charge in [0.25, 0.3) is 5.56 Å². The Morgan fingerprint density at radius 2 is 2.27 bits per heavy atom. The maximum atomic E-state index is 12.3. The molecule has 0 radical (unpaired) electrons. The number of rotatable bonds is 4. The Morgan fingerprint density at radius 3 is 3.05 bits per heavy atom. The molecule has 2 aromatic rings. The lowest BCUT2D eigenvalue weighted by Crippen LogP contribution is -2.44. The second kappa shape index (κ2) is 6.58. The molecular formula is C15H20N4O2S. The lowest BCUT2D eigenvalue weighted by Gasteiger charge is -2.31. The number of nitrogens with zero attached hydrogens (tertiary/aromatic N) is 3. The average molecular weight is 320 g/mol. The number of amides is 1. The predicted molar refractivity (Wildman–Crippen MR) is 87.2 cm³/mol. The minimum atomic E-state index is -0.0661. The van der Waals surface area contributed by atoms with Crippen LogP contribution in [0.1, 0.15) is 19.3 Å². The summed E-state index contributed by atoms with van der Waals surface area (Å²) in [5.74, 6) is 0.0872. The molecule has 7 heteroatoms. The van der Waals surface area contributed by atoms with E-state index in [0.717, 1.165) is 30.8 Å². The average Bonchev–Trinajstić information content (AvgIpc) is 3.03. The number of nitrogens with one attached hydrogen (secondary N) is 1. The number of carbonyl (C=O) groups excluding carboxylic acids is 1. The lowest BCUT2D eigenvalue weighted by atomic mass is 10.1. The Balaban J connectivity index is 1.64. The van der Waals surface area contributed by atoms with Crippen LogP contribution in [0.5, 0.6) is 0 Å². The van der Waals surface area contributed by atoms with E-state index in [1.165, 1.54) is 15.9 Å². The molecule has 1 saturated heterocycles. The maximum absolute atomic E-state index is 12.3. The Bertz CT molecular complexity index is 718. The summed E-state index contributed by atoms with van der Waals surface area (Å²) >= 11 is 1.45. The van der Waals surface area contributed by atoms with Crippen molar-refractivity contribution in [1.82, 2.24) is 19.8 Å². The summed E-state index contributed by atoms with van der Waals surface area (Å²) < 4.78 is 1.53. The van der Waals surface area contributed by atoms with Gasteiger partial charge in [-0.1, -0.05) is 0 Å². The van der Waals surface area contributed by atoms with Gasteiger partial charge in [-0.15, -0.1) is 11.3 Å². The summed E-state index contributed by atoms with van der Waals surface area (Å²) in [7, 11) is 1.86. The Morgan fingerprint density at radius 1 is 1.50 bits per heavy atom. The van der Waals surface area contributed by atoms with E-state index in [0.29, 0.717) is 24.4 Å². The SMILES string of the molecule is CN(C(=O)CCn1cnc2sccc2c1=O)C1CCNCC1. The molecule has 1 aliphatic rings. The van der Waals surface area contributed by atoms with Crippen LogP contribution in [0, 0.1) is 0 Å². The van der Waals surface area contributed by atoms with Crippen LogP contribution < -0.4 is 10.9 Å². The molecule has 0 saturated carbocycles. The Hall–Kier alpha value is -1.73. The molecule has 1 amide bonds. The lowest BCUT2D eigenvalue weighted by molar-refractivity contribution is -0.132. The number of aryl methyl sites for hydroxylation is 1. The smallest absolute Gasteiger partial charge is 0.262 e. The van der Waals surface area contributed by atoms with Crippen molar-refractivity contribution in [2.45, 2.75) is 31.8 Å². The quantitative estimate of drug-likeness (QED) is 0.915. The van der Waals surface area contributed by atoms with Crippen LogP contribution in [-0.2, 0) is 11.3 Å². The zero-order chi connectivity index (χ0) is 15.5. The highest BCUT2D eigenvalue weighted by Gasteiger charge is 2.21. The first-order valence-corrected chi connectivity index (χ1v) is 8.44. The van der Waals surface area contributed by atoms with Gasteiger partial charge in [0.1, 0.15) is 4.83 Å². The number of piperidine rings is 1. The monoisotopic (exact) mass is 320 g/mol. The van der Waals surface area contributed by atoms with Crippen molar-refractivity contribution in [3.63, 3.8) is 0 Å². The van der Waals surface area contributed by atoms with Crippen molar-refractivity contribution in [3.8, 4) is 0 Å². The largest absolute Gasteiger partial charge is 0.343 e. The molecule has 22 heavy (non-hydrogen) atoms. The van der Waals surface area contributed by atoms with Crippen LogP contribution in [0.15, 0.2) is 22.6 Å². The fraction of sp³-hybridized carbons (Fsp3) is 0.533. The van der Waals surface area contributed by atoms with E-state index >= 15 is 0 Å². The topological polar surface area (TPSA) is 67.2 Å². The minimum Gasteiger partial charge on any atom is -0.343 e. The Labute approximate surface area is 132 Å². The molecule has 0 aliphatic carbocycles. The van der Waals surface area contributed by atoms with Crippen LogP contribution >= 0.6 is 11.3 Å². The van der Waals surface area contributed by atoms with E-state index in [4.69, 9.17) is 0 Å². The molecule has 3 rings (SSSR count). The maximum Gasteiger partial charge on any atom is 0.262 e. The van der Waals surface area contributed by atoms with Crippen LogP contribution in [-0.4, -0.2) is 46.5 Å². The molecule has 0 atom stereocenters. The molecule has 1 N–H and O–H groups in total. The van der Waals surface area contributed by atoms with Gasteiger partial charge in [0.2, 0.25) is 5.91 Å². The van der Waals surface area contributed by atoms with Gasteiger partial charge >= 0.3 is 0 Å². The standard InChI is InChI=1S/C15H20N4O2S/c1-18(11-2-6-16-7-3-11)13(20)4-8-19-10-17-14-12(15(19)21)5-9-22-14/h5,9-11,16H,2-4,6-8H2,1H3. The summed E-state index contributed by atoms with van der Waals surface area (Å²) in [4.78, 5) is 31.4. The number of carbonyl (C=O) groups is 1. The molecule has 0 bridgehead atoms. The van der Waals surface area contributed by atoms with Crippen molar-refractivity contribution in [2.24, 2.45) is 0 Å². The molecule has 0 unspecified atom stereocenters. The van der Waals surface area contributed by atoms with Crippen LogP contribution in [0.25, 0.3) is 10.2 Å². The second-order valence-electron chi connectivity index (χ2n) is 5.62. The van der Waals surface area contributed by atoms with Crippen molar-refractivity contribution < 1.29 is 4.79 Å². The normalized spacial score (nSPS) is 16.0. The summed E-state index contributed by atoms with van der Waals surface area (Å²) in [6, 6.07) is 2.09. The summed E-state index contributed by atoms with van der Waals surface area (Å²) in [6.07, 6.45) is 3.85. The molecule has 3 heterocycles. The van der Waals surface area contributed by atoms with E-state index in [1.54, 1.807) is 12.4 Å². The predicted octanol–water partition coefficient (Wildman–Crippen LogP) is 1.06. The zero-order valence-electron chi connectivity index (χ0n) is 12.6. The van der Waals surface area contributed by atoms with Gasteiger partial charge in [-0.2, -0.15) is 0 Å². The van der Waals surface area contributed by atoms with Crippen molar-refractivity contribution in [1.29, 1.82) is 0 Å². The van der Waals surface area contributed by atoms with E-state index in [1.807, 2.05) is 17.3 Å². The first kappa shape index (κ1) is 15.2. The van der Waals surface area contributed by atoms with Gasteiger partial charge < -0.3 is 10.2 Å². The summed E-state index contributed by atoms with van der Waals surface area (Å²) in [6.45, 7) is 2.30. The first-order chi connectivity index (χ1) is 10.7. The number of aromatic nitrogens is 2. The highest BCUT2D eigenvalue weighted by molar-refractivity contribution is 7.16. The molecule has 1 fully saturated rings. The van der Waals surface area contributed by atoms with Crippen molar-refractivity contribution in [3.05, 3.63) is 28.1 Å². The molecule has 2 aromatic heterocycles. The van der Waals surface area contributed by atoms with Crippen molar-refractivity contribution in [2.75, 3.05) is 20.1 Å². The number of hydrogen-bond acceptors (Lipinski definition) is 5. The van der Waals surface area contributed by atoms with Gasteiger partial charge in [-0.05, 0) is 37.4 Å². The molecule has 0 aromatic carbocycles. The van der Waals surface area contributed by atoms with E-state index < -0.39 is 0 Å². The molecule has 6 nitrogen and oxygen atoms in total. The van der Waals surface area contributed by atoms with Gasteiger partial charge in [0.05, 0.1) is 11.7 Å². The third kappa shape index (κ3) is 3.05. The Kier molecular flexibility index (Phi) is 4.54. The van der Waals surface area contributed by atoms with E-state index in [9.17, 15) is 9.59 Å². The molecule has 0 spiro atoms. The minimum absolute atomic E-state index is 0.0661. The molecule has 1 aliphatic heterocycles. The fourth-order valence-electron chi connectivity index (χ4n) is 2.84. The third-order valence-electron chi connectivity index (χ3n) is 4.27. The van der Waals surface area contributed by atoms with Gasteiger partial charge in [-0.3, -0.25) is 14.2 Å². The molecule has 118 valence electrons. The molecular weight excluding hydrogens is 300 g/mol. The van der Waals surface area contributed by atoms with Gasteiger partial charge in [-0.25, -0.2) is 4.98 Å². The number of fused-ring (bicyclic) bond motifs is 1. The third-order valence-corrected chi connectivity index (χ3v) is 5.09. The number of thiophene rings is 1. The van der Waals surface area contributed by atoms with Crippen LogP contribution in [0.4, 0.5) is 0 Å². The van der Waals surface area contributed by atoms with Crippen molar-refractivity contribution >= 4 is 27.5 Å². The first-order valence-electron chi connectivity index (χ1n) is 7.56. The number of hydrogen-bond donors (Lipinski definition) is 1. The van der Waals surface area contributed by atoms with Crippen LogP contribution in [0.3, 0.4) is 0 Å². The highest BCUT2D eigenvalue weighted by Crippen LogP contribution is 2.14. The highest BCUT2D eigenvalue weighted by atomic mass is 32.1. The van der Waals surface area contributed by atoms with Gasteiger partial charge in [0, 0.05) is 26.1 Å².